The van der Waals surface area contributed by atoms with Crippen molar-refractivity contribution in [1.82, 2.24) is 19.4 Å². The average Bonchev–Trinajstić information content (AvgIpc) is 2.92. The topological polar surface area (TPSA) is 70.5 Å². The van der Waals surface area contributed by atoms with Crippen LogP contribution >= 0.6 is 11.6 Å². The van der Waals surface area contributed by atoms with E-state index in [2.05, 4.69) is 5.32 Å². The monoisotopic (exact) mass is 589 g/mol. The lowest BCUT2D eigenvalue weighted by molar-refractivity contribution is -0.137. The van der Waals surface area contributed by atoms with Crippen LogP contribution in [-0.4, -0.2) is 52.6 Å². The summed E-state index contributed by atoms with van der Waals surface area (Å²) in [4.78, 5) is 35.6. The molecule has 0 aliphatic heterocycles. The summed E-state index contributed by atoms with van der Waals surface area (Å²) >= 11 is 6.07. The van der Waals surface area contributed by atoms with Crippen LogP contribution in [0.2, 0.25) is 5.02 Å². The van der Waals surface area contributed by atoms with Gasteiger partial charge in [-0.2, -0.15) is 13.2 Å². The molecule has 0 aliphatic carbocycles. The number of urea groups is 1. The van der Waals surface area contributed by atoms with E-state index in [1.54, 1.807) is 24.3 Å². The fourth-order valence-corrected chi connectivity index (χ4v) is 4.61. The van der Waals surface area contributed by atoms with Crippen LogP contribution in [0.4, 0.5) is 28.0 Å². The van der Waals surface area contributed by atoms with Gasteiger partial charge in [-0.05, 0) is 75.1 Å². The van der Waals surface area contributed by atoms with Crippen molar-refractivity contribution < 1.29 is 22.4 Å². The van der Waals surface area contributed by atoms with Gasteiger partial charge in [-0.25, -0.2) is 14.2 Å². The highest BCUT2D eigenvalue weighted by Gasteiger charge is 2.31. The van der Waals surface area contributed by atoms with Gasteiger partial charge in [0.2, 0.25) is 0 Å². The summed E-state index contributed by atoms with van der Waals surface area (Å²) in [6.45, 7) is 2.46. The molecule has 1 atom stereocenters. The van der Waals surface area contributed by atoms with E-state index in [-0.39, 0.29) is 28.8 Å². The SMILES string of the molecule is CC[C@H](c1nc2ccccc2c(=O)n1-c1ccc(F)c(Cl)c1)N(CCN(C)C)C(=O)Nc1ccc(C(F)(F)F)cc1. The van der Waals surface area contributed by atoms with Crippen molar-refractivity contribution in [3.05, 3.63) is 99.3 Å². The highest BCUT2D eigenvalue weighted by molar-refractivity contribution is 6.30. The normalized spacial score (nSPS) is 12.5. The first-order valence-electron chi connectivity index (χ1n) is 12.8. The number of nitrogens with zero attached hydrogens (tertiary/aromatic N) is 4. The molecular weight excluding hydrogens is 562 g/mol. The molecule has 0 spiro atoms. The van der Waals surface area contributed by atoms with E-state index in [0.29, 0.717) is 23.9 Å². The number of alkyl halides is 3. The molecule has 0 radical (unpaired) electrons. The highest BCUT2D eigenvalue weighted by Crippen LogP contribution is 2.31. The molecule has 4 rings (SSSR count). The van der Waals surface area contributed by atoms with Crippen LogP contribution in [0.15, 0.2) is 71.5 Å². The maximum atomic E-state index is 14.0. The third kappa shape index (κ3) is 6.68. The molecule has 7 nitrogen and oxygen atoms in total. The second-order valence-corrected chi connectivity index (χ2v) is 10.1. The van der Waals surface area contributed by atoms with E-state index < -0.39 is 35.2 Å². The van der Waals surface area contributed by atoms with Gasteiger partial charge in [0, 0.05) is 18.8 Å². The lowest BCUT2D eigenvalue weighted by Crippen LogP contribution is -2.43. The largest absolute Gasteiger partial charge is 0.416 e. The highest BCUT2D eigenvalue weighted by atomic mass is 35.5. The van der Waals surface area contributed by atoms with Gasteiger partial charge >= 0.3 is 12.2 Å². The zero-order valence-corrected chi connectivity index (χ0v) is 23.3. The molecule has 1 aromatic heterocycles. The van der Waals surface area contributed by atoms with Gasteiger partial charge in [-0.1, -0.05) is 30.7 Å². The second-order valence-electron chi connectivity index (χ2n) is 9.65. The van der Waals surface area contributed by atoms with Crippen molar-refractivity contribution >= 4 is 34.2 Å². The molecule has 0 unspecified atom stereocenters. The standard InChI is InChI=1S/C29H28ClF4N5O2/c1-4-25(38(16-15-37(2)3)28(41)35-19-11-9-18(10-12-19)29(32,33)34)26-36-24-8-6-5-7-21(24)27(40)39(26)20-13-14-23(31)22(30)17-20/h5-14,17,25H,4,15-16H2,1-3H3,(H,35,41)/t25-/m1/s1. The maximum Gasteiger partial charge on any atom is 0.416 e. The van der Waals surface area contributed by atoms with Crippen LogP contribution in [0.25, 0.3) is 16.6 Å². The van der Waals surface area contributed by atoms with Crippen LogP contribution in [0.5, 0.6) is 0 Å². The number of halogens is 5. The van der Waals surface area contributed by atoms with Crippen LogP contribution in [0, 0.1) is 5.82 Å². The summed E-state index contributed by atoms with van der Waals surface area (Å²) < 4.78 is 54.4. The Bertz CT molecular complexity index is 1610. The quantitative estimate of drug-likeness (QED) is 0.231. The number of anilines is 1. The fourth-order valence-electron chi connectivity index (χ4n) is 4.43. The van der Waals surface area contributed by atoms with Crippen LogP contribution < -0.4 is 10.9 Å². The number of hydrogen-bond donors (Lipinski definition) is 1. The summed E-state index contributed by atoms with van der Waals surface area (Å²) in [5.74, 6) is -0.436. The molecule has 12 heteroatoms. The Balaban J connectivity index is 1.83. The third-order valence-corrected chi connectivity index (χ3v) is 6.83. The van der Waals surface area contributed by atoms with E-state index in [1.807, 2.05) is 25.9 Å². The van der Waals surface area contributed by atoms with E-state index in [0.717, 1.165) is 18.2 Å². The fraction of sp³-hybridized carbons (Fsp3) is 0.276. The minimum Gasteiger partial charge on any atom is -0.313 e. The number of carbonyl (C=O) groups is 1. The lowest BCUT2D eigenvalue weighted by Gasteiger charge is -2.33. The third-order valence-electron chi connectivity index (χ3n) is 6.54. The molecule has 216 valence electrons. The van der Waals surface area contributed by atoms with Gasteiger partial charge in [0.15, 0.2) is 0 Å². The summed E-state index contributed by atoms with van der Waals surface area (Å²) in [5.41, 5.74) is -0.423. The zero-order chi connectivity index (χ0) is 29.9. The minimum atomic E-state index is -4.51. The summed E-state index contributed by atoms with van der Waals surface area (Å²) in [5, 5.41) is 2.80. The lowest BCUT2D eigenvalue weighted by atomic mass is 10.1. The number of fused-ring (bicyclic) bond motifs is 1. The molecule has 2 amide bonds. The number of rotatable bonds is 8. The van der Waals surface area contributed by atoms with Crippen molar-refractivity contribution in [2.75, 3.05) is 32.5 Å². The van der Waals surface area contributed by atoms with Gasteiger partial charge in [-0.15, -0.1) is 0 Å². The van der Waals surface area contributed by atoms with E-state index in [9.17, 15) is 27.2 Å². The Morgan fingerprint density at radius 2 is 1.73 bits per heavy atom. The van der Waals surface area contributed by atoms with Gasteiger partial charge in [-0.3, -0.25) is 9.36 Å². The van der Waals surface area contributed by atoms with Crippen LogP contribution in [0.1, 0.15) is 30.8 Å². The number of amides is 2. The number of para-hydroxylation sites is 1. The summed E-state index contributed by atoms with van der Waals surface area (Å²) in [6.07, 6.45) is -4.18. The number of hydrogen-bond acceptors (Lipinski definition) is 4. The van der Waals surface area contributed by atoms with Crippen LogP contribution in [-0.2, 0) is 6.18 Å². The molecular formula is C29H28ClF4N5O2. The van der Waals surface area contributed by atoms with Gasteiger partial charge < -0.3 is 15.1 Å². The smallest absolute Gasteiger partial charge is 0.313 e. The number of nitrogens with one attached hydrogen (secondary N) is 1. The molecule has 1 heterocycles. The first-order chi connectivity index (χ1) is 19.4. The predicted molar refractivity (Wildman–Crippen MR) is 151 cm³/mol. The van der Waals surface area contributed by atoms with E-state index in [1.165, 1.54) is 33.7 Å². The molecule has 3 aromatic carbocycles. The first-order valence-corrected chi connectivity index (χ1v) is 13.1. The Morgan fingerprint density at radius 1 is 1.05 bits per heavy atom. The zero-order valence-electron chi connectivity index (χ0n) is 22.5. The Hall–Kier alpha value is -3.96. The molecule has 0 saturated carbocycles. The molecule has 1 N–H and O–H groups in total. The van der Waals surface area contributed by atoms with Crippen molar-refractivity contribution in [2.24, 2.45) is 0 Å². The van der Waals surface area contributed by atoms with Crippen molar-refractivity contribution in [3.8, 4) is 5.69 Å². The van der Waals surface area contributed by atoms with Gasteiger partial charge in [0.05, 0.1) is 33.2 Å². The maximum absolute atomic E-state index is 14.0. The summed E-state index contributed by atoms with van der Waals surface area (Å²) in [6, 6.07) is 13.4. The van der Waals surface area contributed by atoms with Gasteiger partial charge in [0.25, 0.3) is 5.56 Å². The molecule has 0 aliphatic rings. The second kappa shape index (κ2) is 12.3. The first kappa shape index (κ1) is 30.0. The van der Waals surface area contributed by atoms with E-state index in [4.69, 9.17) is 16.6 Å². The molecule has 0 saturated heterocycles. The number of aromatic nitrogens is 2. The number of benzene rings is 3. The van der Waals surface area contributed by atoms with Crippen molar-refractivity contribution in [3.63, 3.8) is 0 Å². The van der Waals surface area contributed by atoms with Crippen LogP contribution in [0.3, 0.4) is 0 Å². The average molecular weight is 590 g/mol. The van der Waals surface area contributed by atoms with Crippen molar-refractivity contribution in [1.29, 1.82) is 0 Å². The Kier molecular flexibility index (Phi) is 8.98. The number of likely N-dealkylation sites (N-methyl/N-ethyl adjacent to an activating group) is 1. The Morgan fingerprint density at radius 3 is 2.34 bits per heavy atom. The minimum absolute atomic E-state index is 0.168. The van der Waals surface area contributed by atoms with Gasteiger partial charge in [0.1, 0.15) is 11.6 Å². The predicted octanol–water partition coefficient (Wildman–Crippen LogP) is 6.74. The number of carbonyl (C=O) groups excluding carboxylic acids is 1. The molecule has 0 bridgehead atoms. The molecule has 4 aromatic rings. The van der Waals surface area contributed by atoms with Crippen molar-refractivity contribution in [2.45, 2.75) is 25.6 Å². The Labute approximate surface area is 239 Å². The molecule has 0 fully saturated rings. The molecule has 41 heavy (non-hydrogen) atoms. The summed E-state index contributed by atoms with van der Waals surface area (Å²) in [7, 11) is 3.66. The van der Waals surface area contributed by atoms with E-state index >= 15 is 0 Å².